The van der Waals surface area contributed by atoms with Crippen molar-refractivity contribution in [1.29, 1.82) is 0 Å². The van der Waals surface area contributed by atoms with Gasteiger partial charge in [-0.15, -0.1) is 5.10 Å². The van der Waals surface area contributed by atoms with Crippen LogP contribution in [0, 0.1) is 0 Å². The number of nitrogens with zero attached hydrogens (tertiary/aromatic N) is 6. The lowest BCUT2D eigenvalue weighted by atomic mass is 10.1. The van der Waals surface area contributed by atoms with Crippen molar-refractivity contribution >= 4 is 23.2 Å². The van der Waals surface area contributed by atoms with E-state index < -0.39 is 0 Å². The van der Waals surface area contributed by atoms with Crippen molar-refractivity contribution in [1.82, 2.24) is 30.0 Å². The van der Waals surface area contributed by atoms with Crippen molar-refractivity contribution in [2.24, 2.45) is 0 Å². The Bertz CT molecular complexity index is 1070. The van der Waals surface area contributed by atoms with Crippen LogP contribution >= 0.6 is 11.6 Å². The first-order chi connectivity index (χ1) is 13.7. The van der Waals surface area contributed by atoms with Gasteiger partial charge in [0.05, 0.1) is 30.5 Å². The van der Waals surface area contributed by atoms with Crippen molar-refractivity contribution < 1.29 is 4.79 Å². The Balaban J connectivity index is 1.35. The van der Waals surface area contributed by atoms with E-state index in [2.05, 4.69) is 25.9 Å². The SMILES string of the molecule is O=C(Cc1ccc(-n2cnnn2)cc1)Nc1cnn(Cc2ccccc2Cl)c1. The summed E-state index contributed by atoms with van der Waals surface area (Å²) < 4.78 is 3.29. The number of aromatic nitrogens is 6. The van der Waals surface area contributed by atoms with Crippen LogP contribution in [0.1, 0.15) is 11.1 Å². The van der Waals surface area contributed by atoms with Gasteiger partial charge in [0.1, 0.15) is 6.33 Å². The summed E-state index contributed by atoms with van der Waals surface area (Å²) in [4.78, 5) is 12.3. The highest BCUT2D eigenvalue weighted by molar-refractivity contribution is 6.31. The predicted molar refractivity (Wildman–Crippen MR) is 104 cm³/mol. The fourth-order valence-electron chi connectivity index (χ4n) is 2.75. The number of nitrogens with one attached hydrogen (secondary N) is 1. The number of amides is 1. The molecule has 2 heterocycles. The normalized spacial score (nSPS) is 10.8. The molecule has 0 aliphatic heterocycles. The molecule has 4 aromatic rings. The van der Waals surface area contributed by atoms with Gasteiger partial charge in [-0.2, -0.15) is 5.10 Å². The third kappa shape index (κ3) is 4.24. The molecule has 140 valence electrons. The van der Waals surface area contributed by atoms with Gasteiger partial charge >= 0.3 is 0 Å². The van der Waals surface area contributed by atoms with Crippen molar-refractivity contribution in [2.75, 3.05) is 5.32 Å². The molecular weight excluding hydrogens is 378 g/mol. The van der Waals surface area contributed by atoms with Crippen LogP contribution in [0.5, 0.6) is 0 Å². The minimum Gasteiger partial charge on any atom is -0.323 e. The molecule has 0 radical (unpaired) electrons. The quantitative estimate of drug-likeness (QED) is 0.544. The molecule has 1 amide bonds. The van der Waals surface area contributed by atoms with E-state index in [1.54, 1.807) is 21.8 Å². The third-order valence-corrected chi connectivity index (χ3v) is 4.49. The number of anilines is 1. The molecule has 0 unspecified atom stereocenters. The fraction of sp³-hybridized carbons (Fsp3) is 0.105. The van der Waals surface area contributed by atoms with Crippen LogP contribution in [-0.4, -0.2) is 35.9 Å². The first-order valence-corrected chi connectivity index (χ1v) is 8.93. The van der Waals surface area contributed by atoms with E-state index in [-0.39, 0.29) is 12.3 Å². The molecule has 0 saturated carbocycles. The summed E-state index contributed by atoms with van der Waals surface area (Å²) in [6.07, 6.45) is 5.17. The molecule has 0 atom stereocenters. The number of rotatable bonds is 6. The maximum atomic E-state index is 12.3. The number of benzene rings is 2. The van der Waals surface area contributed by atoms with Gasteiger partial charge in [-0.05, 0) is 39.8 Å². The molecule has 1 N–H and O–H groups in total. The highest BCUT2D eigenvalue weighted by Crippen LogP contribution is 2.17. The summed E-state index contributed by atoms with van der Waals surface area (Å²) in [5, 5.41) is 18.9. The lowest BCUT2D eigenvalue weighted by Gasteiger charge is -2.05. The van der Waals surface area contributed by atoms with E-state index in [0.717, 1.165) is 16.8 Å². The maximum Gasteiger partial charge on any atom is 0.228 e. The lowest BCUT2D eigenvalue weighted by Crippen LogP contribution is -2.14. The van der Waals surface area contributed by atoms with Gasteiger partial charge in [-0.1, -0.05) is 41.9 Å². The Morgan fingerprint density at radius 3 is 2.68 bits per heavy atom. The van der Waals surface area contributed by atoms with E-state index in [1.165, 1.54) is 6.33 Å². The minimum atomic E-state index is -0.118. The summed E-state index contributed by atoms with van der Waals surface area (Å²) in [5.74, 6) is -0.118. The Kier molecular flexibility index (Phi) is 5.11. The van der Waals surface area contributed by atoms with Crippen molar-refractivity contribution in [3.63, 3.8) is 0 Å². The summed E-state index contributed by atoms with van der Waals surface area (Å²) in [6.45, 7) is 0.536. The van der Waals surface area contributed by atoms with Crippen molar-refractivity contribution in [3.05, 3.63) is 83.4 Å². The average molecular weight is 394 g/mol. The molecule has 28 heavy (non-hydrogen) atoms. The molecule has 9 heteroatoms. The zero-order chi connectivity index (χ0) is 19.3. The molecule has 0 fully saturated rings. The van der Waals surface area contributed by atoms with Crippen LogP contribution < -0.4 is 5.32 Å². The predicted octanol–water partition coefficient (Wildman–Crippen LogP) is 2.74. The monoisotopic (exact) mass is 393 g/mol. The minimum absolute atomic E-state index is 0.118. The summed E-state index contributed by atoms with van der Waals surface area (Å²) in [7, 11) is 0. The molecule has 2 aromatic carbocycles. The summed E-state index contributed by atoms with van der Waals surface area (Å²) >= 11 is 6.18. The molecule has 4 rings (SSSR count). The van der Waals surface area contributed by atoms with Gasteiger partial charge in [-0.3, -0.25) is 9.48 Å². The molecule has 2 aromatic heterocycles. The Hall–Kier alpha value is -3.52. The van der Waals surface area contributed by atoms with Gasteiger partial charge in [-0.25, -0.2) is 4.68 Å². The Morgan fingerprint density at radius 2 is 1.93 bits per heavy atom. The lowest BCUT2D eigenvalue weighted by molar-refractivity contribution is -0.115. The van der Waals surface area contributed by atoms with Crippen LogP contribution in [-0.2, 0) is 17.8 Å². The summed E-state index contributed by atoms with van der Waals surface area (Å²) in [6, 6.07) is 15.1. The smallest absolute Gasteiger partial charge is 0.228 e. The van der Waals surface area contributed by atoms with Gasteiger partial charge in [0.15, 0.2) is 0 Å². The standard InChI is InChI=1S/C19H16ClN7O/c20-18-4-2-1-3-15(18)11-26-12-16(10-22-26)23-19(28)9-14-5-7-17(8-6-14)27-13-21-24-25-27/h1-8,10,12-13H,9,11H2,(H,23,28). The fourth-order valence-corrected chi connectivity index (χ4v) is 2.95. The second-order valence-electron chi connectivity index (χ2n) is 6.16. The molecule has 0 aliphatic carbocycles. The second kappa shape index (κ2) is 8.01. The number of hydrogen-bond donors (Lipinski definition) is 1. The molecular formula is C19H16ClN7O. The molecule has 0 saturated heterocycles. The molecule has 0 aliphatic rings. The number of carbonyl (C=O) groups is 1. The van der Waals surface area contributed by atoms with E-state index in [9.17, 15) is 4.79 Å². The number of tetrazole rings is 1. The van der Waals surface area contributed by atoms with Gasteiger partial charge in [0, 0.05) is 11.2 Å². The van der Waals surface area contributed by atoms with Gasteiger partial charge in [0.25, 0.3) is 0 Å². The molecule has 0 bridgehead atoms. The number of halogens is 1. The van der Waals surface area contributed by atoms with Crippen LogP contribution in [0.3, 0.4) is 0 Å². The average Bonchev–Trinajstić information content (AvgIpc) is 3.37. The van der Waals surface area contributed by atoms with Crippen molar-refractivity contribution in [3.8, 4) is 5.69 Å². The van der Waals surface area contributed by atoms with E-state index in [4.69, 9.17) is 11.6 Å². The second-order valence-corrected chi connectivity index (χ2v) is 6.57. The first-order valence-electron chi connectivity index (χ1n) is 8.55. The van der Waals surface area contributed by atoms with Crippen molar-refractivity contribution in [2.45, 2.75) is 13.0 Å². The zero-order valence-electron chi connectivity index (χ0n) is 14.7. The van der Waals surface area contributed by atoms with E-state index in [0.29, 0.717) is 17.3 Å². The van der Waals surface area contributed by atoms with Gasteiger partial charge in [0.2, 0.25) is 5.91 Å². The zero-order valence-corrected chi connectivity index (χ0v) is 15.5. The topological polar surface area (TPSA) is 90.5 Å². The van der Waals surface area contributed by atoms with Crippen LogP contribution in [0.2, 0.25) is 5.02 Å². The van der Waals surface area contributed by atoms with E-state index in [1.807, 2.05) is 48.5 Å². The Morgan fingerprint density at radius 1 is 1.11 bits per heavy atom. The third-order valence-electron chi connectivity index (χ3n) is 4.12. The molecule has 8 nitrogen and oxygen atoms in total. The van der Waals surface area contributed by atoms with Crippen LogP contribution in [0.4, 0.5) is 5.69 Å². The van der Waals surface area contributed by atoms with E-state index >= 15 is 0 Å². The highest BCUT2D eigenvalue weighted by atomic mass is 35.5. The highest BCUT2D eigenvalue weighted by Gasteiger charge is 2.08. The largest absolute Gasteiger partial charge is 0.323 e. The maximum absolute atomic E-state index is 12.3. The van der Waals surface area contributed by atoms with Gasteiger partial charge < -0.3 is 5.32 Å². The molecule has 0 spiro atoms. The van der Waals surface area contributed by atoms with Crippen LogP contribution in [0.25, 0.3) is 5.69 Å². The number of hydrogen-bond acceptors (Lipinski definition) is 5. The van der Waals surface area contributed by atoms with Crippen LogP contribution in [0.15, 0.2) is 67.3 Å². The Labute approximate surface area is 165 Å². The number of carbonyl (C=O) groups excluding carboxylic acids is 1. The summed E-state index contributed by atoms with van der Waals surface area (Å²) in [5.41, 5.74) is 3.32. The first kappa shape index (κ1) is 17.9.